The quantitative estimate of drug-likeness (QED) is 0.719. The third-order valence-electron chi connectivity index (χ3n) is 2.90. The van der Waals surface area contributed by atoms with Gasteiger partial charge in [-0.3, -0.25) is 0 Å². The van der Waals surface area contributed by atoms with Crippen molar-refractivity contribution in [1.82, 2.24) is 10.2 Å². The van der Waals surface area contributed by atoms with Crippen molar-refractivity contribution in [2.45, 2.75) is 17.0 Å². The number of hydrogen-bond acceptors (Lipinski definition) is 6. The van der Waals surface area contributed by atoms with Crippen LogP contribution in [0.5, 0.6) is 11.5 Å². The van der Waals surface area contributed by atoms with Crippen LogP contribution >= 0.6 is 11.8 Å². The molecule has 0 spiro atoms. The fourth-order valence-corrected chi connectivity index (χ4v) is 2.60. The maximum Gasteiger partial charge on any atom is 0.281 e. The van der Waals surface area contributed by atoms with E-state index in [0.717, 1.165) is 16.0 Å². The lowest BCUT2D eigenvalue weighted by molar-refractivity contribution is 0.402. The first kappa shape index (κ1) is 13.5. The molecule has 0 radical (unpaired) electrons. The lowest BCUT2D eigenvalue weighted by Crippen LogP contribution is -1.81. The molecule has 0 aliphatic rings. The average molecular weight is 300 g/mol. The van der Waals surface area contributed by atoms with Gasteiger partial charge in [0.2, 0.25) is 5.89 Å². The molecule has 0 saturated carbocycles. The second kappa shape index (κ2) is 5.49. The highest BCUT2D eigenvalue weighted by Crippen LogP contribution is 2.37. The largest absolute Gasteiger partial charge is 0.504 e. The smallest absolute Gasteiger partial charge is 0.281 e. The normalized spacial score (nSPS) is 10.7. The number of aromatic hydroxyl groups is 2. The molecule has 2 N–H and O–H groups in total. The van der Waals surface area contributed by atoms with E-state index in [0.29, 0.717) is 11.1 Å². The monoisotopic (exact) mass is 300 g/mol. The second-order valence-corrected chi connectivity index (χ2v) is 5.44. The summed E-state index contributed by atoms with van der Waals surface area (Å²) >= 11 is 1.24. The molecule has 1 heterocycles. The van der Waals surface area contributed by atoms with Crippen molar-refractivity contribution in [2.24, 2.45) is 0 Å². The van der Waals surface area contributed by atoms with Crippen molar-refractivity contribution < 1.29 is 14.6 Å². The van der Waals surface area contributed by atoms with Crippen LogP contribution in [0.1, 0.15) is 5.56 Å². The third kappa shape index (κ3) is 2.85. The van der Waals surface area contributed by atoms with E-state index in [-0.39, 0.29) is 11.5 Å². The molecular formula is C15H12N2O3S. The van der Waals surface area contributed by atoms with Gasteiger partial charge in [0, 0.05) is 10.5 Å². The number of phenolic OH excluding ortho intramolecular Hbond substituents is 2. The molecule has 0 fully saturated rings. The Balaban J connectivity index is 1.87. The average Bonchev–Trinajstić information content (AvgIpc) is 2.94. The molecule has 3 rings (SSSR count). The van der Waals surface area contributed by atoms with E-state index in [1.165, 1.54) is 23.9 Å². The first-order valence-corrected chi connectivity index (χ1v) is 7.04. The summed E-state index contributed by atoms with van der Waals surface area (Å²) in [4.78, 5) is 0.744. The van der Waals surface area contributed by atoms with Crippen LogP contribution in [0, 0.1) is 6.92 Å². The van der Waals surface area contributed by atoms with E-state index in [2.05, 4.69) is 10.2 Å². The summed E-state index contributed by atoms with van der Waals surface area (Å²) < 4.78 is 5.60. The highest BCUT2D eigenvalue weighted by Gasteiger charge is 2.13. The number of benzene rings is 2. The maximum absolute atomic E-state index is 9.56. The minimum Gasteiger partial charge on any atom is -0.504 e. The van der Waals surface area contributed by atoms with Crippen LogP contribution in [-0.4, -0.2) is 20.4 Å². The maximum atomic E-state index is 9.56. The molecule has 3 aromatic rings. The van der Waals surface area contributed by atoms with Gasteiger partial charge in [-0.2, -0.15) is 0 Å². The minimum atomic E-state index is -0.175. The topological polar surface area (TPSA) is 79.4 Å². The fraction of sp³-hybridized carbons (Fsp3) is 0.0667. The molecule has 0 bridgehead atoms. The van der Waals surface area contributed by atoms with Gasteiger partial charge in [-0.25, -0.2) is 0 Å². The highest BCUT2D eigenvalue weighted by molar-refractivity contribution is 7.99. The molecule has 106 valence electrons. The Morgan fingerprint density at radius 1 is 1.00 bits per heavy atom. The van der Waals surface area contributed by atoms with Gasteiger partial charge >= 0.3 is 0 Å². The van der Waals surface area contributed by atoms with Gasteiger partial charge in [0.05, 0.1) is 0 Å². The molecule has 21 heavy (non-hydrogen) atoms. The van der Waals surface area contributed by atoms with E-state index in [1.807, 2.05) is 37.3 Å². The fourth-order valence-electron chi connectivity index (χ4n) is 1.81. The summed E-state index contributed by atoms with van der Waals surface area (Å²) in [6, 6.07) is 12.5. The van der Waals surface area contributed by atoms with Crippen LogP contribution in [0.25, 0.3) is 11.5 Å². The van der Waals surface area contributed by atoms with Crippen LogP contribution in [0.2, 0.25) is 0 Å². The molecular weight excluding hydrogens is 288 g/mol. The molecule has 0 saturated heterocycles. The third-order valence-corrected chi connectivity index (χ3v) is 3.90. The predicted octanol–water partition coefficient (Wildman–Crippen LogP) is 3.61. The first-order valence-electron chi connectivity index (χ1n) is 6.23. The van der Waals surface area contributed by atoms with Crippen LogP contribution in [0.4, 0.5) is 0 Å². The number of phenols is 2. The van der Waals surface area contributed by atoms with Crippen LogP contribution in [0.3, 0.4) is 0 Å². The molecule has 2 aromatic carbocycles. The van der Waals surface area contributed by atoms with E-state index >= 15 is 0 Å². The predicted molar refractivity (Wildman–Crippen MR) is 78.4 cm³/mol. The van der Waals surface area contributed by atoms with Crippen LogP contribution in [0.15, 0.2) is 57.0 Å². The highest BCUT2D eigenvalue weighted by atomic mass is 32.2. The molecule has 0 atom stereocenters. The van der Waals surface area contributed by atoms with Gasteiger partial charge in [-0.15, -0.1) is 10.2 Å². The standard InChI is InChI=1S/C15H12N2O3S/c1-9-7-11(18)12(19)8-13(9)21-15-17-16-14(20-15)10-5-3-2-4-6-10/h2-8,18-19H,1H3. The van der Waals surface area contributed by atoms with Gasteiger partial charge < -0.3 is 14.6 Å². The summed E-state index contributed by atoms with van der Waals surface area (Å²) in [5.74, 6) is 0.122. The molecule has 6 heteroatoms. The van der Waals surface area contributed by atoms with Crippen molar-refractivity contribution in [1.29, 1.82) is 0 Å². The molecule has 0 unspecified atom stereocenters. The van der Waals surface area contributed by atoms with Crippen molar-refractivity contribution in [3.05, 3.63) is 48.0 Å². The lowest BCUT2D eigenvalue weighted by atomic mass is 10.2. The lowest BCUT2D eigenvalue weighted by Gasteiger charge is -2.04. The summed E-state index contributed by atoms with van der Waals surface area (Å²) in [6.45, 7) is 1.83. The van der Waals surface area contributed by atoms with E-state index in [1.54, 1.807) is 0 Å². The number of nitrogens with zero attached hydrogens (tertiary/aromatic N) is 2. The van der Waals surface area contributed by atoms with Crippen molar-refractivity contribution in [3.63, 3.8) is 0 Å². The Bertz CT molecular complexity index is 772. The van der Waals surface area contributed by atoms with Gasteiger partial charge in [0.15, 0.2) is 11.5 Å². The van der Waals surface area contributed by atoms with Gasteiger partial charge in [0.25, 0.3) is 5.22 Å². The number of aromatic nitrogens is 2. The molecule has 0 amide bonds. The first-order chi connectivity index (χ1) is 10.1. The Morgan fingerprint density at radius 2 is 1.71 bits per heavy atom. The zero-order chi connectivity index (χ0) is 14.8. The van der Waals surface area contributed by atoms with Crippen molar-refractivity contribution in [3.8, 4) is 23.0 Å². The Kier molecular flexibility index (Phi) is 3.53. The molecule has 0 aliphatic heterocycles. The van der Waals surface area contributed by atoms with E-state index in [4.69, 9.17) is 4.42 Å². The van der Waals surface area contributed by atoms with Gasteiger partial charge in [-0.05, 0) is 48.5 Å². The van der Waals surface area contributed by atoms with Crippen molar-refractivity contribution in [2.75, 3.05) is 0 Å². The summed E-state index contributed by atoms with van der Waals surface area (Å²) in [5.41, 5.74) is 1.66. The number of rotatable bonds is 3. The zero-order valence-corrected chi connectivity index (χ0v) is 12.0. The number of aryl methyl sites for hydroxylation is 1. The Labute approximate surface area is 125 Å². The van der Waals surface area contributed by atoms with Crippen LogP contribution < -0.4 is 0 Å². The van der Waals surface area contributed by atoms with E-state index in [9.17, 15) is 10.2 Å². The summed E-state index contributed by atoms with van der Waals surface area (Å²) in [6.07, 6.45) is 0. The molecule has 0 aliphatic carbocycles. The zero-order valence-electron chi connectivity index (χ0n) is 11.1. The van der Waals surface area contributed by atoms with Gasteiger partial charge in [0.1, 0.15) is 0 Å². The SMILES string of the molecule is Cc1cc(O)c(O)cc1Sc1nnc(-c2ccccc2)o1. The second-order valence-electron chi connectivity index (χ2n) is 4.45. The Morgan fingerprint density at radius 3 is 2.48 bits per heavy atom. The minimum absolute atomic E-state index is 0.146. The summed E-state index contributed by atoms with van der Waals surface area (Å²) in [7, 11) is 0. The van der Waals surface area contributed by atoms with Crippen molar-refractivity contribution >= 4 is 11.8 Å². The van der Waals surface area contributed by atoms with Crippen LogP contribution in [-0.2, 0) is 0 Å². The molecule has 1 aromatic heterocycles. The van der Waals surface area contributed by atoms with Gasteiger partial charge in [-0.1, -0.05) is 18.2 Å². The van der Waals surface area contributed by atoms with E-state index < -0.39 is 0 Å². The number of hydrogen-bond donors (Lipinski definition) is 2. The summed E-state index contributed by atoms with van der Waals surface area (Å²) in [5, 5.41) is 27.4. The Hall–Kier alpha value is -2.47. The molecule has 5 nitrogen and oxygen atoms in total.